The molecule has 9 aromatic heterocycles. The molecule has 9 heterocycles. The van der Waals surface area contributed by atoms with E-state index in [1.165, 1.54) is 36.3 Å². The molecule has 0 aliphatic carbocycles. The maximum absolute atomic E-state index is 6.26. The molecule has 580 valence electrons. The molecule has 0 spiro atoms. The first-order chi connectivity index (χ1) is 61.4. The number of para-hydroxylation sites is 6. The molecule has 0 amide bonds. The van der Waals surface area contributed by atoms with E-state index in [9.17, 15) is 0 Å². The van der Waals surface area contributed by atoms with E-state index in [-0.39, 0.29) is 0 Å². The van der Waals surface area contributed by atoms with Crippen LogP contribution in [-0.2, 0) is 0 Å². The highest BCUT2D eigenvalue weighted by molar-refractivity contribution is 7.25. The Bertz CT molecular complexity index is 8640. The van der Waals surface area contributed by atoms with Gasteiger partial charge in [0.1, 0.15) is 22.3 Å². The van der Waals surface area contributed by atoms with Crippen LogP contribution in [0.2, 0.25) is 0 Å². The van der Waals surface area contributed by atoms with Gasteiger partial charge in [0.25, 0.3) is 0 Å². The summed E-state index contributed by atoms with van der Waals surface area (Å²) in [6, 6.07) is 140. The zero-order valence-electron chi connectivity index (χ0n) is 66.3. The quantitative estimate of drug-likeness (QED) is 0.130. The first-order valence-electron chi connectivity index (χ1n) is 41.3. The summed E-state index contributed by atoms with van der Waals surface area (Å²) in [6.07, 6.45) is 0. The highest BCUT2D eigenvalue weighted by Crippen LogP contribution is 2.45. The van der Waals surface area contributed by atoms with Gasteiger partial charge in [-0.05, 0) is 108 Å². The lowest BCUT2D eigenvalue weighted by atomic mass is 10.0. The summed E-state index contributed by atoms with van der Waals surface area (Å²) in [5.74, 6) is 4.44. The fourth-order valence-electron chi connectivity index (χ4n) is 17.8. The second-order valence-corrected chi connectivity index (χ2v) is 32.0. The minimum absolute atomic E-state index is 0.580. The predicted octanol–water partition coefficient (Wildman–Crippen LogP) is 28.5. The lowest BCUT2D eigenvalue weighted by molar-refractivity contribution is 0.669. The van der Waals surface area contributed by atoms with Crippen LogP contribution < -0.4 is 0 Å². The van der Waals surface area contributed by atoms with Crippen molar-refractivity contribution in [3.8, 4) is 96.9 Å². The number of fused-ring (bicyclic) bond motifs is 19. The van der Waals surface area contributed by atoms with Crippen molar-refractivity contribution in [2.75, 3.05) is 0 Å². The Labute approximate surface area is 712 Å². The number of hydrogen-bond donors (Lipinski definition) is 0. The van der Waals surface area contributed by atoms with Gasteiger partial charge in [-0.25, -0.2) is 19.9 Å². The fraction of sp³-hybridized carbons (Fsp3) is 0. The third-order valence-corrected chi connectivity index (χ3v) is 24.6. The van der Waals surface area contributed by atoms with Crippen LogP contribution in [0, 0.1) is 0 Å². The Morgan fingerprint density at radius 1 is 0.185 bits per heavy atom. The van der Waals surface area contributed by atoms with Crippen molar-refractivity contribution in [2.24, 2.45) is 0 Å². The minimum atomic E-state index is 0.580. The van der Waals surface area contributed by atoms with Crippen LogP contribution in [-0.4, -0.2) is 53.6 Å². The number of benzene rings is 17. The average Bonchev–Trinajstić information content (AvgIpc) is 1.58. The molecule has 13 nitrogen and oxygen atoms in total. The summed E-state index contributed by atoms with van der Waals surface area (Å²) < 4.78 is 21.7. The molecule has 0 fully saturated rings. The van der Waals surface area contributed by atoms with Gasteiger partial charge in [-0.1, -0.05) is 309 Å². The molecule has 124 heavy (non-hydrogen) atoms. The SMILES string of the molecule is c1ccc(-c2cccc(-c3nc(-c4ccccc4)nc(-n4c5ccccc5c5cc6sc7ccccc7c6cc54)n3)c2)cc1.c1ccc(-c2nc(-c3cccc(-n4c5ccccc5c5cc6oc7ccccc7c6cc54)c3)nc3ccccc23)cc1.c1ccc(-c2nc(-c3ccccc3)nc(-n3c4ccccc4c4cc5oc6ccccc6c5cc43)n2)cc1. The van der Waals surface area contributed by atoms with Crippen molar-refractivity contribution in [3.63, 3.8) is 0 Å². The van der Waals surface area contributed by atoms with Crippen molar-refractivity contribution in [3.05, 3.63) is 406 Å². The largest absolute Gasteiger partial charge is 0.456 e. The van der Waals surface area contributed by atoms with Crippen molar-refractivity contribution in [1.82, 2.24) is 53.6 Å². The summed E-state index contributed by atoms with van der Waals surface area (Å²) in [4.78, 5) is 40.4. The van der Waals surface area contributed by atoms with E-state index >= 15 is 0 Å². The second-order valence-electron chi connectivity index (χ2n) is 30.9. The maximum Gasteiger partial charge on any atom is 0.238 e. The molecular formula is C110H67N11O2S. The number of thiophene rings is 1. The highest BCUT2D eigenvalue weighted by Gasteiger charge is 2.25. The minimum Gasteiger partial charge on any atom is -0.456 e. The summed E-state index contributed by atoms with van der Waals surface area (Å²) in [5.41, 5.74) is 21.1. The number of rotatable bonds is 10. The molecule has 0 radical (unpaired) electrons. The molecule has 14 heteroatoms. The lowest BCUT2D eigenvalue weighted by Gasteiger charge is -2.12. The highest BCUT2D eigenvalue weighted by atomic mass is 32.1. The Hall–Kier alpha value is -16.7. The van der Waals surface area contributed by atoms with Gasteiger partial charge < -0.3 is 13.4 Å². The van der Waals surface area contributed by atoms with Gasteiger partial charge in [-0.3, -0.25) is 9.13 Å². The molecule has 17 aromatic carbocycles. The summed E-state index contributed by atoms with van der Waals surface area (Å²) in [5, 5.41) is 14.9. The van der Waals surface area contributed by atoms with Crippen LogP contribution in [0.1, 0.15) is 0 Å². The monoisotopic (exact) mass is 1610 g/mol. The molecule has 26 aromatic rings. The third-order valence-electron chi connectivity index (χ3n) is 23.5. The molecule has 0 bridgehead atoms. The Morgan fingerprint density at radius 3 is 1.09 bits per heavy atom. The zero-order valence-corrected chi connectivity index (χ0v) is 67.1. The van der Waals surface area contributed by atoms with E-state index in [1.54, 1.807) is 0 Å². The molecule has 0 unspecified atom stereocenters. The zero-order chi connectivity index (χ0) is 81.7. The molecule has 0 aliphatic rings. The van der Waals surface area contributed by atoms with Crippen molar-refractivity contribution in [1.29, 1.82) is 0 Å². The maximum atomic E-state index is 6.26. The van der Waals surface area contributed by atoms with Gasteiger partial charge >= 0.3 is 0 Å². The van der Waals surface area contributed by atoms with Gasteiger partial charge in [-0.15, -0.1) is 11.3 Å². The average molecular weight is 1610 g/mol. The van der Waals surface area contributed by atoms with Crippen molar-refractivity contribution in [2.45, 2.75) is 0 Å². The van der Waals surface area contributed by atoms with Gasteiger partial charge in [0.05, 0.1) is 44.3 Å². The standard InChI is InChI=1S/C39H24N4S.C38H23N3O.C33H20N4O/c1-3-12-25(13-4-1)27-16-11-17-28(22-27)38-40-37(26-14-5-2-6-15-26)41-39(42-38)43-33-20-9-7-18-29(33)31-24-36-32(23-34(31)43)30-19-8-10-21-35(30)44-36;1-2-11-24(12-3-1)37-29-17-4-7-18-32(29)39-38(40-37)25-13-10-14-26(21-25)41-33-19-8-5-15-27(33)30-23-36-31(22-34(30)41)28-16-6-9-20-35(28)42-36;1-3-11-21(12-4-1)31-34-32(22-13-5-2-6-14-22)36-33(35-31)37-27-17-9-7-15-23(27)25-20-30-26(19-28(25)37)24-16-8-10-18-29(24)38-30/h1-24H;1-23H;1-20H. The molecule has 0 N–H and O–H groups in total. The van der Waals surface area contributed by atoms with E-state index in [2.05, 4.69) is 287 Å². The van der Waals surface area contributed by atoms with E-state index < -0.39 is 0 Å². The Balaban J connectivity index is 0.000000105. The van der Waals surface area contributed by atoms with Crippen LogP contribution in [0.5, 0.6) is 0 Å². The normalized spacial score (nSPS) is 11.7. The summed E-state index contributed by atoms with van der Waals surface area (Å²) in [6.45, 7) is 0. The molecule has 26 rings (SSSR count). The Kier molecular flexibility index (Phi) is 17.1. The second kappa shape index (κ2) is 29.7. The molecule has 0 aliphatic heterocycles. The number of nitrogens with zero attached hydrogens (tertiary/aromatic N) is 11. The van der Waals surface area contributed by atoms with Crippen LogP contribution in [0.3, 0.4) is 0 Å². The van der Waals surface area contributed by atoms with Gasteiger partial charge in [-0.2, -0.15) is 19.9 Å². The first kappa shape index (κ1) is 71.4. The number of hydrogen-bond acceptors (Lipinski definition) is 11. The molecular weight excluding hydrogens is 1540 g/mol. The van der Waals surface area contributed by atoms with E-state index in [0.29, 0.717) is 41.0 Å². The number of furan rings is 2. The van der Waals surface area contributed by atoms with Gasteiger partial charge in [0.15, 0.2) is 29.1 Å². The molecule has 0 atom stereocenters. The first-order valence-corrected chi connectivity index (χ1v) is 42.1. The van der Waals surface area contributed by atoms with Crippen LogP contribution in [0.25, 0.3) is 237 Å². The van der Waals surface area contributed by atoms with Crippen LogP contribution >= 0.6 is 11.3 Å². The van der Waals surface area contributed by atoms with Gasteiger partial charge in [0, 0.05) is 118 Å². The van der Waals surface area contributed by atoms with Crippen LogP contribution in [0.4, 0.5) is 0 Å². The van der Waals surface area contributed by atoms with Gasteiger partial charge in [0.2, 0.25) is 11.9 Å². The summed E-state index contributed by atoms with van der Waals surface area (Å²) in [7, 11) is 0. The third kappa shape index (κ3) is 12.4. The molecule has 0 saturated carbocycles. The fourth-order valence-corrected chi connectivity index (χ4v) is 18.9. The van der Waals surface area contributed by atoms with Crippen molar-refractivity contribution >= 4 is 152 Å². The van der Waals surface area contributed by atoms with Crippen LogP contribution in [0.15, 0.2) is 415 Å². The Morgan fingerprint density at radius 2 is 0.556 bits per heavy atom. The van der Waals surface area contributed by atoms with E-state index in [0.717, 1.165) is 160 Å². The van der Waals surface area contributed by atoms with Crippen molar-refractivity contribution < 1.29 is 8.83 Å². The smallest absolute Gasteiger partial charge is 0.238 e. The molecule has 0 saturated heterocycles. The lowest BCUT2D eigenvalue weighted by Crippen LogP contribution is -2.06. The summed E-state index contributed by atoms with van der Waals surface area (Å²) >= 11 is 1.84. The number of aromatic nitrogens is 11. The van der Waals surface area contributed by atoms with E-state index in [1.807, 2.05) is 145 Å². The van der Waals surface area contributed by atoms with E-state index in [4.69, 9.17) is 48.7 Å². The predicted molar refractivity (Wildman–Crippen MR) is 508 cm³/mol. The topological polar surface area (TPSA) is 144 Å².